The van der Waals surface area contributed by atoms with Gasteiger partial charge in [-0.3, -0.25) is 4.79 Å². The maximum atomic E-state index is 11.0. The summed E-state index contributed by atoms with van der Waals surface area (Å²) in [5.41, 5.74) is -0.253. The van der Waals surface area contributed by atoms with Crippen molar-refractivity contribution in [1.82, 2.24) is 0 Å². The Morgan fingerprint density at radius 2 is 2.38 bits per heavy atom. The molecule has 0 bridgehead atoms. The SMILES string of the molecule is O=C1CC2CC=C(CO)C2(CO)O1. The van der Waals surface area contributed by atoms with Crippen LogP contribution in [0.4, 0.5) is 0 Å². The molecule has 0 aromatic heterocycles. The summed E-state index contributed by atoms with van der Waals surface area (Å²) in [6.07, 6.45) is 2.91. The van der Waals surface area contributed by atoms with Gasteiger partial charge in [0.1, 0.15) is 0 Å². The summed E-state index contributed by atoms with van der Waals surface area (Å²) in [5.74, 6) is -0.259. The molecule has 1 fully saturated rings. The van der Waals surface area contributed by atoms with Gasteiger partial charge < -0.3 is 14.9 Å². The zero-order valence-corrected chi connectivity index (χ0v) is 7.19. The number of carbonyl (C=O) groups is 1. The van der Waals surface area contributed by atoms with Gasteiger partial charge in [-0.2, -0.15) is 0 Å². The number of esters is 1. The molecular formula is C9H12O4. The molecule has 0 aromatic carbocycles. The van der Waals surface area contributed by atoms with Gasteiger partial charge in [-0.1, -0.05) is 6.08 Å². The Hall–Kier alpha value is -0.870. The summed E-state index contributed by atoms with van der Waals surface area (Å²) in [7, 11) is 0. The lowest BCUT2D eigenvalue weighted by Gasteiger charge is -2.28. The van der Waals surface area contributed by atoms with Gasteiger partial charge >= 0.3 is 5.97 Å². The zero-order chi connectivity index (χ0) is 9.47. The molecule has 13 heavy (non-hydrogen) atoms. The lowest BCUT2D eigenvalue weighted by molar-refractivity contribution is -0.149. The number of aliphatic hydroxyl groups excluding tert-OH is 2. The van der Waals surface area contributed by atoms with Crippen LogP contribution < -0.4 is 0 Å². The van der Waals surface area contributed by atoms with Crippen LogP contribution in [0.5, 0.6) is 0 Å². The molecule has 0 radical (unpaired) electrons. The molecular weight excluding hydrogens is 172 g/mol. The van der Waals surface area contributed by atoms with Crippen LogP contribution in [0, 0.1) is 5.92 Å². The number of fused-ring (bicyclic) bond motifs is 1. The third-order valence-corrected chi connectivity index (χ3v) is 2.97. The normalized spacial score (nSPS) is 37.2. The van der Waals surface area contributed by atoms with Crippen molar-refractivity contribution in [3.63, 3.8) is 0 Å². The molecule has 0 amide bonds. The molecule has 2 aliphatic rings. The molecule has 4 nitrogen and oxygen atoms in total. The van der Waals surface area contributed by atoms with Gasteiger partial charge in [0, 0.05) is 5.92 Å². The van der Waals surface area contributed by atoms with E-state index in [-0.39, 0.29) is 25.1 Å². The average Bonchev–Trinajstić information content (AvgIpc) is 2.58. The van der Waals surface area contributed by atoms with E-state index in [1.807, 2.05) is 6.08 Å². The van der Waals surface area contributed by atoms with E-state index >= 15 is 0 Å². The highest BCUT2D eigenvalue weighted by Crippen LogP contribution is 2.45. The quantitative estimate of drug-likeness (QED) is 0.453. The number of hydrogen-bond acceptors (Lipinski definition) is 4. The van der Waals surface area contributed by atoms with Crippen molar-refractivity contribution in [3.05, 3.63) is 11.6 Å². The van der Waals surface area contributed by atoms with Crippen molar-refractivity contribution >= 4 is 5.97 Å². The maximum absolute atomic E-state index is 11.0. The molecule has 1 aliphatic carbocycles. The Kier molecular flexibility index (Phi) is 1.89. The highest BCUT2D eigenvalue weighted by molar-refractivity contribution is 5.74. The third-order valence-electron chi connectivity index (χ3n) is 2.97. The van der Waals surface area contributed by atoms with Crippen LogP contribution in [0.25, 0.3) is 0 Å². The van der Waals surface area contributed by atoms with E-state index in [0.29, 0.717) is 18.4 Å². The van der Waals surface area contributed by atoms with Gasteiger partial charge in [-0.25, -0.2) is 0 Å². The summed E-state index contributed by atoms with van der Waals surface area (Å²) < 4.78 is 5.11. The highest BCUT2D eigenvalue weighted by atomic mass is 16.6. The minimum atomic E-state index is -0.897. The highest BCUT2D eigenvalue weighted by Gasteiger charge is 2.53. The molecule has 4 heteroatoms. The molecule has 2 atom stereocenters. The number of carbonyl (C=O) groups excluding carboxylic acids is 1. The van der Waals surface area contributed by atoms with E-state index in [4.69, 9.17) is 9.84 Å². The Labute approximate surface area is 75.8 Å². The molecule has 0 spiro atoms. The molecule has 2 N–H and O–H groups in total. The average molecular weight is 184 g/mol. The van der Waals surface area contributed by atoms with Crippen molar-refractivity contribution in [2.45, 2.75) is 18.4 Å². The number of aliphatic hydroxyl groups is 2. The van der Waals surface area contributed by atoms with Crippen molar-refractivity contribution < 1.29 is 19.7 Å². The fourth-order valence-electron chi connectivity index (χ4n) is 2.21. The van der Waals surface area contributed by atoms with E-state index in [2.05, 4.69) is 0 Å². The van der Waals surface area contributed by atoms with Crippen LogP contribution in [-0.2, 0) is 9.53 Å². The zero-order valence-electron chi connectivity index (χ0n) is 7.19. The number of ether oxygens (including phenoxy) is 1. The molecule has 1 aliphatic heterocycles. The van der Waals surface area contributed by atoms with Crippen LogP contribution in [0.3, 0.4) is 0 Å². The van der Waals surface area contributed by atoms with Crippen LogP contribution in [0.15, 0.2) is 11.6 Å². The topological polar surface area (TPSA) is 66.8 Å². The first-order valence-corrected chi connectivity index (χ1v) is 4.36. The fourth-order valence-corrected chi connectivity index (χ4v) is 2.21. The largest absolute Gasteiger partial charge is 0.452 e. The molecule has 0 aromatic rings. The number of hydrogen-bond donors (Lipinski definition) is 2. The number of allylic oxidation sites excluding steroid dienone is 1. The van der Waals surface area contributed by atoms with E-state index < -0.39 is 5.60 Å². The van der Waals surface area contributed by atoms with E-state index in [9.17, 15) is 9.90 Å². The Morgan fingerprint density at radius 1 is 1.62 bits per heavy atom. The van der Waals surface area contributed by atoms with Gasteiger partial charge in [-0.15, -0.1) is 0 Å². The summed E-state index contributed by atoms with van der Waals surface area (Å²) >= 11 is 0. The van der Waals surface area contributed by atoms with Crippen LogP contribution in [0.2, 0.25) is 0 Å². The molecule has 0 saturated carbocycles. The lowest BCUT2D eigenvalue weighted by atomic mass is 9.87. The number of rotatable bonds is 2. The van der Waals surface area contributed by atoms with Gasteiger partial charge in [0.2, 0.25) is 0 Å². The van der Waals surface area contributed by atoms with Crippen LogP contribution >= 0.6 is 0 Å². The second-order valence-corrected chi connectivity index (χ2v) is 3.55. The second-order valence-electron chi connectivity index (χ2n) is 3.55. The summed E-state index contributed by atoms with van der Waals surface area (Å²) in [6.45, 7) is -0.375. The van der Waals surface area contributed by atoms with Crippen molar-refractivity contribution in [2.24, 2.45) is 5.92 Å². The first-order chi connectivity index (χ1) is 6.23. The second kappa shape index (κ2) is 2.82. The van der Waals surface area contributed by atoms with E-state index in [1.54, 1.807) is 0 Å². The van der Waals surface area contributed by atoms with Gasteiger partial charge in [0.15, 0.2) is 5.60 Å². The van der Waals surface area contributed by atoms with Crippen LogP contribution in [0.1, 0.15) is 12.8 Å². The molecule has 72 valence electrons. The molecule has 2 rings (SSSR count). The molecule has 2 unspecified atom stereocenters. The minimum absolute atomic E-state index is 0.0205. The van der Waals surface area contributed by atoms with Crippen molar-refractivity contribution in [3.8, 4) is 0 Å². The van der Waals surface area contributed by atoms with Crippen LogP contribution in [-0.4, -0.2) is 35.0 Å². The molecule has 1 saturated heterocycles. The predicted octanol–water partition coefficient (Wildman–Crippen LogP) is -0.397. The Morgan fingerprint density at radius 3 is 3.00 bits per heavy atom. The van der Waals surface area contributed by atoms with Crippen molar-refractivity contribution in [1.29, 1.82) is 0 Å². The van der Waals surface area contributed by atoms with E-state index in [1.165, 1.54) is 0 Å². The standard InChI is InChI=1S/C9H12O4/c10-4-7-2-1-6-3-8(12)13-9(6,7)5-11/h2,6,10-11H,1,3-5H2. The fraction of sp³-hybridized carbons (Fsp3) is 0.667. The minimum Gasteiger partial charge on any atom is -0.452 e. The lowest BCUT2D eigenvalue weighted by Crippen LogP contribution is -2.39. The maximum Gasteiger partial charge on any atom is 0.307 e. The monoisotopic (exact) mass is 184 g/mol. The van der Waals surface area contributed by atoms with Gasteiger partial charge in [0.05, 0.1) is 19.6 Å². The first-order valence-electron chi connectivity index (χ1n) is 4.36. The summed E-state index contributed by atoms with van der Waals surface area (Å²) in [5, 5.41) is 18.2. The Bertz CT molecular complexity index is 271. The summed E-state index contributed by atoms with van der Waals surface area (Å²) in [4.78, 5) is 11.0. The predicted molar refractivity (Wildman–Crippen MR) is 43.8 cm³/mol. The van der Waals surface area contributed by atoms with Gasteiger partial charge in [-0.05, 0) is 12.0 Å². The smallest absolute Gasteiger partial charge is 0.307 e. The van der Waals surface area contributed by atoms with E-state index in [0.717, 1.165) is 0 Å². The first kappa shape index (κ1) is 8.72. The third kappa shape index (κ3) is 1.02. The molecule has 1 heterocycles. The van der Waals surface area contributed by atoms with Gasteiger partial charge in [0.25, 0.3) is 0 Å². The van der Waals surface area contributed by atoms with Crippen molar-refractivity contribution in [2.75, 3.05) is 13.2 Å². The summed E-state index contributed by atoms with van der Waals surface area (Å²) in [6, 6.07) is 0. The Balaban J connectivity index is 2.32.